The predicted octanol–water partition coefficient (Wildman–Crippen LogP) is 4.26. The van der Waals surface area contributed by atoms with Gasteiger partial charge in [-0.2, -0.15) is 0 Å². The van der Waals surface area contributed by atoms with Crippen molar-refractivity contribution < 1.29 is 8.78 Å². The Labute approximate surface area is 108 Å². The first kappa shape index (κ1) is 11.6. The van der Waals surface area contributed by atoms with Crippen LogP contribution in [-0.4, -0.2) is 4.98 Å². The van der Waals surface area contributed by atoms with E-state index < -0.39 is 11.6 Å². The van der Waals surface area contributed by atoms with E-state index >= 15 is 0 Å². The molecule has 19 heavy (non-hydrogen) atoms. The van der Waals surface area contributed by atoms with Crippen LogP contribution in [0.1, 0.15) is 0 Å². The van der Waals surface area contributed by atoms with Gasteiger partial charge >= 0.3 is 0 Å². The number of benzene rings is 2. The van der Waals surface area contributed by atoms with Crippen molar-refractivity contribution in [3.05, 3.63) is 66.4 Å². The average molecular weight is 256 g/mol. The minimum Gasteiger partial charge on any atom is -0.355 e. The fourth-order valence-corrected chi connectivity index (χ4v) is 1.99. The van der Waals surface area contributed by atoms with Gasteiger partial charge in [-0.15, -0.1) is 0 Å². The number of rotatable bonds is 2. The summed E-state index contributed by atoms with van der Waals surface area (Å²) < 4.78 is 26.3. The highest BCUT2D eigenvalue weighted by Crippen LogP contribution is 2.25. The van der Waals surface area contributed by atoms with Gasteiger partial charge in [-0.3, -0.25) is 4.98 Å². The number of fused-ring (bicyclic) bond motifs is 1. The Morgan fingerprint density at radius 1 is 0.895 bits per heavy atom. The van der Waals surface area contributed by atoms with Gasteiger partial charge in [-0.05, 0) is 24.3 Å². The van der Waals surface area contributed by atoms with E-state index in [-0.39, 0.29) is 0 Å². The van der Waals surface area contributed by atoms with E-state index in [4.69, 9.17) is 0 Å². The third kappa shape index (κ3) is 2.38. The van der Waals surface area contributed by atoms with E-state index in [0.29, 0.717) is 5.69 Å². The molecule has 94 valence electrons. The van der Waals surface area contributed by atoms with Crippen molar-refractivity contribution >= 4 is 22.3 Å². The first-order chi connectivity index (χ1) is 9.22. The van der Waals surface area contributed by atoms with Crippen LogP contribution in [0.15, 0.2) is 54.7 Å². The van der Waals surface area contributed by atoms with Gasteiger partial charge in [0.25, 0.3) is 0 Å². The topological polar surface area (TPSA) is 24.9 Å². The molecule has 0 saturated carbocycles. The lowest BCUT2D eigenvalue weighted by molar-refractivity contribution is 0.584. The summed E-state index contributed by atoms with van der Waals surface area (Å²) in [6, 6.07) is 12.7. The second-order valence-corrected chi connectivity index (χ2v) is 4.16. The lowest BCUT2D eigenvalue weighted by Gasteiger charge is -2.09. The number of nitrogens with zero attached hydrogens (tertiary/aromatic N) is 1. The zero-order chi connectivity index (χ0) is 13.2. The fourth-order valence-electron chi connectivity index (χ4n) is 1.99. The number of pyridine rings is 1. The Kier molecular flexibility index (Phi) is 2.83. The third-order valence-electron chi connectivity index (χ3n) is 2.79. The van der Waals surface area contributed by atoms with Crippen LogP contribution in [0.5, 0.6) is 0 Å². The van der Waals surface area contributed by atoms with Gasteiger partial charge in [0.1, 0.15) is 11.6 Å². The van der Waals surface area contributed by atoms with Crippen LogP contribution in [0.4, 0.5) is 20.2 Å². The van der Waals surface area contributed by atoms with Crippen LogP contribution in [0.3, 0.4) is 0 Å². The molecule has 0 atom stereocenters. The van der Waals surface area contributed by atoms with Crippen LogP contribution in [0.2, 0.25) is 0 Å². The number of para-hydroxylation sites is 1. The highest BCUT2D eigenvalue weighted by Gasteiger charge is 2.04. The number of halogens is 2. The summed E-state index contributed by atoms with van der Waals surface area (Å²) in [4.78, 5) is 4.23. The van der Waals surface area contributed by atoms with Crippen molar-refractivity contribution in [1.82, 2.24) is 4.98 Å². The summed E-state index contributed by atoms with van der Waals surface area (Å²) in [6.45, 7) is 0. The fraction of sp³-hybridized carbons (Fsp3) is 0. The zero-order valence-electron chi connectivity index (χ0n) is 9.90. The van der Waals surface area contributed by atoms with Gasteiger partial charge in [-0.1, -0.05) is 18.2 Å². The smallest absolute Gasteiger partial charge is 0.128 e. The molecule has 3 rings (SSSR count). The van der Waals surface area contributed by atoms with E-state index in [1.807, 2.05) is 24.3 Å². The molecule has 1 N–H and O–H groups in total. The van der Waals surface area contributed by atoms with Crippen molar-refractivity contribution in [1.29, 1.82) is 0 Å². The quantitative estimate of drug-likeness (QED) is 0.741. The Hall–Kier alpha value is -2.49. The lowest BCUT2D eigenvalue weighted by Crippen LogP contribution is -1.94. The molecular formula is C15H10F2N2. The number of anilines is 2. The monoisotopic (exact) mass is 256 g/mol. The molecule has 1 aromatic heterocycles. The minimum absolute atomic E-state index is 0.369. The van der Waals surface area contributed by atoms with Gasteiger partial charge in [0, 0.05) is 29.0 Å². The van der Waals surface area contributed by atoms with E-state index in [2.05, 4.69) is 10.3 Å². The maximum Gasteiger partial charge on any atom is 0.128 e. The number of hydrogen-bond donors (Lipinski definition) is 1. The standard InChI is InChI=1S/C15H10F2N2/c16-10-7-11(17)9-12(8-10)19-15-5-6-18-14-4-2-1-3-13(14)15/h1-9H,(H,18,19). The van der Waals surface area contributed by atoms with Gasteiger partial charge < -0.3 is 5.32 Å². The molecule has 4 heteroatoms. The van der Waals surface area contributed by atoms with Crippen molar-refractivity contribution in [3.63, 3.8) is 0 Å². The largest absolute Gasteiger partial charge is 0.355 e. The van der Waals surface area contributed by atoms with Crippen LogP contribution >= 0.6 is 0 Å². The Morgan fingerprint density at radius 2 is 1.63 bits per heavy atom. The van der Waals surface area contributed by atoms with Gasteiger partial charge in [0.15, 0.2) is 0 Å². The van der Waals surface area contributed by atoms with E-state index in [9.17, 15) is 8.78 Å². The molecule has 0 amide bonds. The second-order valence-electron chi connectivity index (χ2n) is 4.16. The Morgan fingerprint density at radius 3 is 2.42 bits per heavy atom. The molecular weight excluding hydrogens is 246 g/mol. The minimum atomic E-state index is -0.610. The molecule has 0 aliphatic heterocycles. The van der Waals surface area contributed by atoms with Crippen LogP contribution < -0.4 is 5.32 Å². The highest BCUT2D eigenvalue weighted by atomic mass is 19.1. The van der Waals surface area contributed by atoms with E-state index in [1.54, 1.807) is 12.3 Å². The van der Waals surface area contributed by atoms with E-state index in [0.717, 1.165) is 22.7 Å². The summed E-state index contributed by atoms with van der Waals surface area (Å²) in [6.07, 6.45) is 1.65. The van der Waals surface area contributed by atoms with Crippen molar-refractivity contribution in [2.75, 3.05) is 5.32 Å². The summed E-state index contributed by atoms with van der Waals surface area (Å²) >= 11 is 0. The average Bonchev–Trinajstić information content (AvgIpc) is 2.38. The molecule has 0 aliphatic rings. The van der Waals surface area contributed by atoms with Crippen molar-refractivity contribution in [2.45, 2.75) is 0 Å². The van der Waals surface area contributed by atoms with E-state index in [1.165, 1.54) is 12.1 Å². The van der Waals surface area contributed by atoms with Gasteiger partial charge in [0.05, 0.1) is 5.52 Å². The summed E-state index contributed by atoms with van der Waals surface area (Å²) in [5.41, 5.74) is 1.95. The van der Waals surface area contributed by atoms with Crippen LogP contribution in [-0.2, 0) is 0 Å². The molecule has 0 radical (unpaired) electrons. The maximum atomic E-state index is 13.2. The summed E-state index contributed by atoms with van der Waals surface area (Å²) in [7, 11) is 0. The first-order valence-electron chi connectivity index (χ1n) is 5.79. The molecule has 2 aromatic carbocycles. The van der Waals surface area contributed by atoms with Gasteiger partial charge in [0.2, 0.25) is 0 Å². The van der Waals surface area contributed by atoms with Crippen LogP contribution in [0, 0.1) is 11.6 Å². The second kappa shape index (κ2) is 4.65. The maximum absolute atomic E-state index is 13.2. The third-order valence-corrected chi connectivity index (χ3v) is 2.79. The Balaban J connectivity index is 2.05. The normalized spacial score (nSPS) is 10.6. The zero-order valence-corrected chi connectivity index (χ0v) is 9.90. The molecule has 0 saturated heterocycles. The molecule has 1 heterocycles. The molecule has 3 aromatic rings. The lowest BCUT2D eigenvalue weighted by atomic mass is 10.2. The molecule has 0 aliphatic carbocycles. The van der Waals surface area contributed by atoms with Crippen molar-refractivity contribution in [3.8, 4) is 0 Å². The number of aromatic nitrogens is 1. The highest BCUT2D eigenvalue weighted by molar-refractivity contribution is 5.92. The number of nitrogens with one attached hydrogen (secondary N) is 1. The van der Waals surface area contributed by atoms with Crippen molar-refractivity contribution in [2.24, 2.45) is 0 Å². The number of hydrogen-bond acceptors (Lipinski definition) is 2. The molecule has 0 bridgehead atoms. The Bertz CT molecular complexity index is 716. The molecule has 0 fully saturated rings. The first-order valence-corrected chi connectivity index (χ1v) is 5.79. The van der Waals surface area contributed by atoms with Gasteiger partial charge in [-0.25, -0.2) is 8.78 Å². The molecule has 0 unspecified atom stereocenters. The summed E-state index contributed by atoms with van der Waals surface area (Å²) in [5.74, 6) is -1.22. The molecule has 0 spiro atoms. The summed E-state index contributed by atoms with van der Waals surface area (Å²) in [5, 5.41) is 3.91. The van der Waals surface area contributed by atoms with Crippen LogP contribution in [0.25, 0.3) is 10.9 Å². The molecule has 2 nitrogen and oxygen atoms in total. The predicted molar refractivity (Wildman–Crippen MR) is 71.4 cm³/mol. The SMILES string of the molecule is Fc1cc(F)cc(Nc2ccnc3ccccc23)c1.